The second kappa shape index (κ2) is 8.93. The highest BCUT2D eigenvalue weighted by Crippen LogP contribution is 2.59. The predicted molar refractivity (Wildman–Crippen MR) is 132 cm³/mol. The van der Waals surface area contributed by atoms with Gasteiger partial charge in [0, 0.05) is 5.41 Å². The van der Waals surface area contributed by atoms with E-state index in [1.807, 2.05) is 30.3 Å². The highest BCUT2D eigenvalue weighted by Gasteiger charge is 2.63. The summed E-state index contributed by atoms with van der Waals surface area (Å²) in [6, 6.07) is 23.4. The highest BCUT2D eigenvalue weighted by atomic mass is 19.4. The van der Waals surface area contributed by atoms with E-state index in [1.54, 1.807) is 48.5 Å². The van der Waals surface area contributed by atoms with Gasteiger partial charge < -0.3 is 10.2 Å². The third-order valence-electron chi connectivity index (χ3n) is 7.98. The van der Waals surface area contributed by atoms with Gasteiger partial charge in [-0.05, 0) is 78.0 Å². The van der Waals surface area contributed by atoms with E-state index in [1.165, 1.54) is 6.08 Å². The van der Waals surface area contributed by atoms with Gasteiger partial charge in [0.05, 0.1) is 5.56 Å². The average Bonchev–Trinajstić information content (AvgIpc) is 2.85. The Kier molecular flexibility index (Phi) is 6.03. The van der Waals surface area contributed by atoms with Crippen LogP contribution >= 0.6 is 0 Å². The van der Waals surface area contributed by atoms with Gasteiger partial charge >= 0.3 is 12.1 Å². The molecule has 0 radical (unpaired) electrons. The maximum atomic E-state index is 14.5. The number of benzene rings is 3. The van der Waals surface area contributed by atoms with Crippen LogP contribution in [-0.4, -0.2) is 28.0 Å². The van der Waals surface area contributed by atoms with Gasteiger partial charge in [0.25, 0.3) is 0 Å². The fourth-order valence-electron chi connectivity index (χ4n) is 6.24. The zero-order valence-electron chi connectivity index (χ0n) is 19.6. The lowest BCUT2D eigenvalue weighted by molar-refractivity contribution is -0.258. The Labute approximate surface area is 207 Å². The van der Waals surface area contributed by atoms with Crippen LogP contribution in [0.1, 0.15) is 51.9 Å². The average molecular weight is 493 g/mol. The van der Waals surface area contributed by atoms with E-state index >= 15 is 0 Å². The first kappa shape index (κ1) is 24.3. The van der Waals surface area contributed by atoms with Crippen LogP contribution in [0.25, 0.3) is 6.08 Å². The minimum atomic E-state index is -4.82. The molecule has 2 N–H and O–H groups in total. The fraction of sp³-hybridized carbons (Fsp3) is 0.300. The molecule has 36 heavy (non-hydrogen) atoms. The SMILES string of the molecule is O=C(O)c1ccc2c(c1)CCC1CC(O)(C(F)(F)F)C(=Cc3ccccc3)CC21Cc1ccccc1. The number of hydrogen-bond donors (Lipinski definition) is 2. The zero-order chi connectivity index (χ0) is 25.6. The van der Waals surface area contributed by atoms with Crippen molar-refractivity contribution in [1.82, 2.24) is 0 Å². The second-order valence-electron chi connectivity index (χ2n) is 10.1. The van der Waals surface area contributed by atoms with Crippen LogP contribution in [0, 0.1) is 5.92 Å². The molecule has 1 saturated carbocycles. The number of alkyl halides is 3. The van der Waals surface area contributed by atoms with E-state index in [9.17, 15) is 28.2 Å². The molecule has 0 aromatic heterocycles. The normalized spacial score (nSPS) is 26.8. The Bertz CT molecular complexity index is 1300. The van der Waals surface area contributed by atoms with Crippen molar-refractivity contribution in [2.75, 3.05) is 0 Å². The molecule has 0 saturated heterocycles. The first-order valence-electron chi connectivity index (χ1n) is 12.1. The topological polar surface area (TPSA) is 57.5 Å². The molecule has 0 bridgehead atoms. The Hall–Kier alpha value is -3.38. The van der Waals surface area contributed by atoms with Gasteiger partial charge in [-0.25, -0.2) is 4.79 Å². The minimum Gasteiger partial charge on any atom is -0.478 e. The molecule has 186 valence electrons. The Morgan fingerprint density at radius 1 is 1.00 bits per heavy atom. The monoisotopic (exact) mass is 492 g/mol. The number of fused-ring (bicyclic) bond motifs is 3. The van der Waals surface area contributed by atoms with Crippen molar-refractivity contribution in [1.29, 1.82) is 0 Å². The molecule has 0 amide bonds. The van der Waals surface area contributed by atoms with Crippen molar-refractivity contribution in [3.63, 3.8) is 0 Å². The zero-order valence-corrected chi connectivity index (χ0v) is 19.6. The van der Waals surface area contributed by atoms with Crippen LogP contribution in [0.3, 0.4) is 0 Å². The molecule has 3 aromatic carbocycles. The van der Waals surface area contributed by atoms with Crippen LogP contribution < -0.4 is 0 Å². The maximum Gasteiger partial charge on any atom is 0.421 e. The van der Waals surface area contributed by atoms with E-state index in [-0.39, 0.29) is 17.6 Å². The molecule has 6 heteroatoms. The number of aliphatic hydroxyl groups is 1. The molecule has 3 nitrogen and oxygen atoms in total. The Morgan fingerprint density at radius 2 is 1.67 bits per heavy atom. The summed E-state index contributed by atoms with van der Waals surface area (Å²) in [6.07, 6.45) is -2.32. The van der Waals surface area contributed by atoms with Gasteiger partial charge in [-0.2, -0.15) is 13.2 Å². The summed E-state index contributed by atoms with van der Waals surface area (Å²) in [5.74, 6) is -1.46. The summed E-state index contributed by atoms with van der Waals surface area (Å²) in [4.78, 5) is 11.6. The summed E-state index contributed by atoms with van der Waals surface area (Å²) in [5.41, 5.74) is -0.173. The summed E-state index contributed by atoms with van der Waals surface area (Å²) in [7, 11) is 0. The molecule has 5 rings (SSSR count). The first-order valence-corrected chi connectivity index (χ1v) is 12.1. The molecule has 3 atom stereocenters. The number of rotatable bonds is 4. The second-order valence-corrected chi connectivity index (χ2v) is 10.1. The maximum absolute atomic E-state index is 14.5. The number of hydrogen-bond acceptors (Lipinski definition) is 2. The van der Waals surface area contributed by atoms with E-state index < -0.39 is 35.5 Å². The van der Waals surface area contributed by atoms with Gasteiger partial charge in [-0.3, -0.25) is 0 Å². The lowest BCUT2D eigenvalue weighted by atomic mass is 9.51. The standard InChI is InChI=1S/C30H27F3O3/c31-30(32,33)29(36)19-24-13-11-22-16-23(27(34)35)12-14-26(22)28(24,17-21-9-5-2-6-10-21)18-25(29)15-20-7-3-1-4-8-20/h1-10,12,14-16,24,36H,11,13,17-19H2,(H,34,35). The third kappa shape index (κ3) is 4.13. The molecular formula is C30H27F3O3. The lowest BCUT2D eigenvalue weighted by Crippen LogP contribution is -2.58. The van der Waals surface area contributed by atoms with Crippen molar-refractivity contribution in [3.8, 4) is 0 Å². The summed E-state index contributed by atoms with van der Waals surface area (Å²) >= 11 is 0. The van der Waals surface area contributed by atoms with Crippen molar-refractivity contribution < 1.29 is 28.2 Å². The number of carbonyl (C=O) groups is 1. The molecule has 2 aliphatic carbocycles. The third-order valence-corrected chi connectivity index (χ3v) is 7.98. The van der Waals surface area contributed by atoms with Crippen LogP contribution in [0.4, 0.5) is 13.2 Å². The predicted octanol–water partition coefficient (Wildman–Crippen LogP) is 6.60. The van der Waals surface area contributed by atoms with Crippen molar-refractivity contribution in [3.05, 3.63) is 112 Å². The molecule has 0 spiro atoms. The van der Waals surface area contributed by atoms with E-state index in [0.717, 1.165) is 16.7 Å². The molecule has 2 aliphatic rings. The smallest absolute Gasteiger partial charge is 0.421 e. The van der Waals surface area contributed by atoms with Gasteiger partial charge in [-0.15, -0.1) is 0 Å². The summed E-state index contributed by atoms with van der Waals surface area (Å²) in [5, 5.41) is 20.8. The van der Waals surface area contributed by atoms with Gasteiger partial charge in [0.15, 0.2) is 5.60 Å². The molecule has 0 aliphatic heterocycles. The molecular weight excluding hydrogens is 465 g/mol. The number of aryl methyl sites for hydroxylation is 1. The largest absolute Gasteiger partial charge is 0.478 e. The van der Waals surface area contributed by atoms with Crippen LogP contribution in [0.5, 0.6) is 0 Å². The molecule has 3 aromatic rings. The van der Waals surface area contributed by atoms with Crippen molar-refractivity contribution >= 4 is 12.0 Å². The molecule has 1 fully saturated rings. The number of halogens is 3. The van der Waals surface area contributed by atoms with Crippen LogP contribution in [0.15, 0.2) is 84.4 Å². The van der Waals surface area contributed by atoms with Crippen LogP contribution in [-0.2, 0) is 18.3 Å². The van der Waals surface area contributed by atoms with E-state index in [4.69, 9.17) is 0 Å². The first-order chi connectivity index (χ1) is 17.1. The molecule has 0 heterocycles. The van der Waals surface area contributed by atoms with Gasteiger partial charge in [-0.1, -0.05) is 72.8 Å². The number of carboxylic acids is 1. The highest BCUT2D eigenvalue weighted by molar-refractivity contribution is 5.88. The van der Waals surface area contributed by atoms with Crippen molar-refractivity contribution in [2.45, 2.75) is 49.3 Å². The fourth-order valence-corrected chi connectivity index (χ4v) is 6.24. The van der Waals surface area contributed by atoms with Crippen molar-refractivity contribution in [2.24, 2.45) is 5.92 Å². The van der Waals surface area contributed by atoms with Gasteiger partial charge in [0.2, 0.25) is 0 Å². The van der Waals surface area contributed by atoms with Gasteiger partial charge in [0.1, 0.15) is 0 Å². The Balaban J connectivity index is 1.71. The van der Waals surface area contributed by atoms with Crippen LogP contribution in [0.2, 0.25) is 0 Å². The minimum absolute atomic E-state index is 0.0247. The lowest BCUT2D eigenvalue weighted by Gasteiger charge is -2.54. The Morgan fingerprint density at radius 3 is 2.31 bits per heavy atom. The summed E-state index contributed by atoms with van der Waals surface area (Å²) < 4.78 is 43.4. The number of carboxylic acid groups (broad SMARTS) is 1. The van der Waals surface area contributed by atoms with E-state index in [0.29, 0.717) is 24.8 Å². The van der Waals surface area contributed by atoms with E-state index in [2.05, 4.69) is 0 Å². The molecule has 3 unspecified atom stereocenters. The number of aromatic carboxylic acids is 1. The summed E-state index contributed by atoms with van der Waals surface area (Å²) in [6.45, 7) is 0. The quantitative estimate of drug-likeness (QED) is 0.432.